The summed E-state index contributed by atoms with van der Waals surface area (Å²) in [5.41, 5.74) is -0.283. The normalized spacial score (nSPS) is 20.3. The number of alkyl halides is 6. The van der Waals surface area contributed by atoms with E-state index >= 15 is 0 Å². The maximum atomic E-state index is 14.8. The molecule has 360 valence electrons. The molecule has 2 heterocycles. The zero-order chi connectivity index (χ0) is 49.8. The first-order valence-electron chi connectivity index (χ1n) is 23.2. The Kier molecular flexibility index (Phi) is 13.1. The number of benzene rings is 6. The van der Waals surface area contributed by atoms with Crippen molar-refractivity contribution in [3.8, 4) is 5.75 Å². The van der Waals surface area contributed by atoms with Crippen LogP contribution in [-0.2, 0) is 31.0 Å². The molecule has 0 unspecified atom stereocenters. The topological polar surface area (TPSA) is 96.3 Å². The Morgan fingerprint density at radius 1 is 0.743 bits per heavy atom. The van der Waals surface area contributed by atoms with Gasteiger partial charge in [-0.15, -0.1) is 0 Å². The van der Waals surface area contributed by atoms with Gasteiger partial charge in [0.15, 0.2) is 0 Å². The number of phenolic OH excluding ortho intramolecular Hbond substituents is 1. The summed E-state index contributed by atoms with van der Waals surface area (Å²) in [4.78, 5) is 30.0. The number of aromatic hydroxyl groups is 1. The first-order chi connectivity index (χ1) is 33.3. The van der Waals surface area contributed by atoms with E-state index in [1.807, 2.05) is 127 Å². The van der Waals surface area contributed by atoms with E-state index in [0.29, 0.717) is 40.0 Å². The molecule has 0 spiro atoms. The fraction of sp³-hybridized carbons (Fsp3) is 0.273. The van der Waals surface area contributed by atoms with E-state index in [2.05, 4.69) is 20.8 Å². The van der Waals surface area contributed by atoms with Crippen LogP contribution in [0.1, 0.15) is 62.3 Å². The molecule has 2 amide bonds. The molecule has 0 saturated carbocycles. The van der Waals surface area contributed by atoms with Crippen molar-refractivity contribution in [1.29, 1.82) is 0 Å². The van der Waals surface area contributed by atoms with Crippen LogP contribution in [0.4, 0.5) is 32.0 Å². The first kappa shape index (κ1) is 48.8. The lowest BCUT2D eigenvalue weighted by Crippen LogP contribution is -2.66. The fourth-order valence-electron chi connectivity index (χ4n) is 11.0. The lowest BCUT2D eigenvalue weighted by Gasteiger charge is -2.46. The third-order valence-electron chi connectivity index (χ3n) is 14.1. The molecule has 1 aliphatic carbocycles. The summed E-state index contributed by atoms with van der Waals surface area (Å²) in [5.74, 6) is -5.09. The van der Waals surface area contributed by atoms with Crippen molar-refractivity contribution in [3.63, 3.8) is 0 Å². The number of anilines is 1. The van der Waals surface area contributed by atoms with Gasteiger partial charge in [0, 0.05) is 5.39 Å². The molecule has 0 radical (unpaired) electrons. The Labute approximate surface area is 403 Å². The standard InChI is InChI=1S/C55H50BF6NO6Si/c1-53(2,3)70(41-17-9-5-10-18-41,42-19-11-6-12-20-42)68-33-37-28-45-50(52(66)63(51(45)65)40-30-38(54(57,58)59)29-39(31-40)55(60,61)62)46-32-56(67)69-48(49(37)46)26-24-35(34-15-7-4-8-16-34)27-36-23-25-47(64)44-22-14-13-21-43(36)44/h4-23,25,27,29-31,45-46,48,50,64,67H,24,26,28,32-33H2,1-3H3/b35-27-/t45-,46+,48-,50-/m1/s1. The minimum atomic E-state index is -5.23. The Bertz CT molecular complexity index is 2920. The van der Waals surface area contributed by atoms with Crippen molar-refractivity contribution in [2.24, 2.45) is 17.8 Å². The minimum Gasteiger partial charge on any atom is -0.507 e. The Balaban J connectivity index is 1.17. The number of imide groups is 1. The fourth-order valence-corrected chi connectivity index (χ4v) is 15.6. The van der Waals surface area contributed by atoms with E-state index in [1.54, 1.807) is 6.07 Å². The van der Waals surface area contributed by atoms with E-state index in [-0.39, 0.29) is 37.6 Å². The monoisotopic (exact) mass is 973 g/mol. The summed E-state index contributed by atoms with van der Waals surface area (Å²) in [6.45, 7) is 6.27. The molecule has 7 nitrogen and oxygen atoms in total. The maximum absolute atomic E-state index is 14.8. The number of hydrogen-bond acceptors (Lipinski definition) is 6. The van der Waals surface area contributed by atoms with E-state index in [9.17, 15) is 46.1 Å². The summed E-state index contributed by atoms with van der Waals surface area (Å²) in [6.07, 6.45) is -8.92. The molecule has 2 aliphatic heterocycles. The van der Waals surface area contributed by atoms with Crippen LogP contribution in [0.5, 0.6) is 5.75 Å². The molecule has 2 saturated heterocycles. The molecular formula is C55H50BF6NO6Si. The molecule has 0 aromatic heterocycles. The van der Waals surface area contributed by atoms with Gasteiger partial charge in [-0.3, -0.25) is 9.59 Å². The van der Waals surface area contributed by atoms with Gasteiger partial charge in [0.2, 0.25) is 11.8 Å². The van der Waals surface area contributed by atoms with Crippen molar-refractivity contribution in [2.75, 3.05) is 11.5 Å². The third-order valence-corrected chi connectivity index (χ3v) is 19.1. The second kappa shape index (κ2) is 18.8. The first-order valence-corrected chi connectivity index (χ1v) is 25.1. The second-order valence-electron chi connectivity index (χ2n) is 19.3. The number of hydrogen-bond donors (Lipinski definition) is 2. The van der Waals surface area contributed by atoms with Crippen molar-refractivity contribution in [2.45, 2.75) is 69.8 Å². The van der Waals surface area contributed by atoms with Crippen LogP contribution in [0.2, 0.25) is 11.4 Å². The predicted octanol–water partition coefficient (Wildman–Crippen LogP) is 11.5. The van der Waals surface area contributed by atoms with E-state index in [4.69, 9.17) is 9.08 Å². The number of phenols is 1. The Morgan fingerprint density at radius 2 is 1.30 bits per heavy atom. The molecule has 0 bridgehead atoms. The average Bonchev–Trinajstić information content (AvgIpc) is 3.59. The number of halogens is 6. The minimum absolute atomic E-state index is 0.0385. The van der Waals surface area contributed by atoms with Gasteiger partial charge < -0.3 is 19.2 Å². The van der Waals surface area contributed by atoms with Gasteiger partial charge in [0.25, 0.3) is 8.32 Å². The van der Waals surface area contributed by atoms with E-state index in [0.717, 1.165) is 32.5 Å². The highest BCUT2D eigenvalue weighted by atomic mass is 28.4. The van der Waals surface area contributed by atoms with Gasteiger partial charge in [-0.25, -0.2) is 4.90 Å². The Hall–Kier alpha value is -6.26. The summed E-state index contributed by atoms with van der Waals surface area (Å²) >= 11 is 0. The lowest BCUT2D eigenvalue weighted by atomic mass is 9.58. The summed E-state index contributed by atoms with van der Waals surface area (Å²) in [6, 6.07) is 41.1. The summed E-state index contributed by atoms with van der Waals surface area (Å²) in [5, 5.41) is 25.2. The number of carbonyl (C=O) groups excluding carboxylic acids is 2. The van der Waals surface area contributed by atoms with Gasteiger partial charge in [-0.1, -0.05) is 148 Å². The summed E-state index contributed by atoms with van der Waals surface area (Å²) < 4.78 is 99.1. The van der Waals surface area contributed by atoms with E-state index < -0.39 is 85.3 Å². The van der Waals surface area contributed by atoms with Gasteiger partial charge in [0.05, 0.1) is 41.4 Å². The van der Waals surface area contributed by atoms with Crippen molar-refractivity contribution >= 4 is 65.7 Å². The quantitative estimate of drug-likeness (QED) is 0.0441. The molecule has 2 N–H and O–H groups in total. The zero-order valence-corrected chi connectivity index (χ0v) is 39.6. The lowest BCUT2D eigenvalue weighted by molar-refractivity contribution is -0.143. The van der Waals surface area contributed by atoms with E-state index in [1.165, 1.54) is 0 Å². The average molecular weight is 974 g/mol. The van der Waals surface area contributed by atoms with Crippen LogP contribution in [0.25, 0.3) is 22.4 Å². The van der Waals surface area contributed by atoms with Gasteiger partial charge in [-0.05, 0) is 104 Å². The molecule has 3 aliphatic rings. The van der Waals surface area contributed by atoms with Crippen LogP contribution in [0.3, 0.4) is 0 Å². The number of allylic oxidation sites excluding steroid dienone is 1. The van der Waals surface area contributed by atoms with Crippen molar-refractivity contribution in [1.82, 2.24) is 0 Å². The molecular weight excluding hydrogens is 923 g/mol. The number of fused-ring (bicyclic) bond motifs is 4. The van der Waals surface area contributed by atoms with Gasteiger partial charge in [-0.2, -0.15) is 26.3 Å². The second-order valence-corrected chi connectivity index (χ2v) is 23.6. The van der Waals surface area contributed by atoms with Crippen molar-refractivity contribution in [3.05, 3.63) is 179 Å². The van der Waals surface area contributed by atoms with Gasteiger partial charge >= 0.3 is 19.5 Å². The molecule has 70 heavy (non-hydrogen) atoms. The molecule has 6 aromatic carbocycles. The molecule has 6 aromatic rings. The number of carbonyl (C=O) groups is 2. The van der Waals surface area contributed by atoms with Gasteiger partial charge in [0.1, 0.15) is 5.75 Å². The highest BCUT2D eigenvalue weighted by Gasteiger charge is 2.59. The number of amides is 2. The SMILES string of the molecule is CC(C)(C)[Si](OCC1=C2[C@@H](CC/C(=C/c3ccc(O)c4ccccc34)c3ccccc3)OB(O)C[C@@H]2[C@@H]2C(=O)N(c3cc(C(F)(F)F)cc(C(F)(F)F)c3)C(=O)[C@@H]2C1)(c1ccccc1)c1ccccc1. The molecule has 15 heteroatoms. The van der Waals surface area contributed by atoms with Crippen LogP contribution in [0.15, 0.2) is 157 Å². The molecule has 2 fully saturated rings. The third kappa shape index (κ3) is 9.16. The molecule has 9 rings (SSSR count). The predicted molar refractivity (Wildman–Crippen MR) is 261 cm³/mol. The van der Waals surface area contributed by atoms with Crippen molar-refractivity contribution < 1.29 is 55.1 Å². The number of rotatable bonds is 11. The van der Waals surface area contributed by atoms with Crippen LogP contribution >= 0.6 is 0 Å². The summed E-state index contributed by atoms with van der Waals surface area (Å²) in [7, 11) is -4.72. The van der Waals surface area contributed by atoms with Crippen LogP contribution in [-0.4, -0.2) is 50.1 Å². The maximum Gasteiger partial charge on any atom is 0.455 e. The van der Waals surface area contributed by atoms with Crippen LogP contribution in [0, 0.1) is 17.8 Å². The van der Waals surface area contributed by atoms with Crippen LogP contribution < -0.4 is 15.3 Å². The highest BCUT2D eigenvalue weighted by molar-refractivity contribution is 6.99. The molecule has 4 atom stereocenters. The smallest absolute Gasteiger partial charge is 0.455 e. The number of nitrogens with zero attached hydrogens (tertiary/aromatic N) is 1. The largest absolute Gasteiger partial charge is 0.507 e. The highest BCUT2D eigenvalue weighted by Crippen LogP contribution is 2.53. The zero-order valence-electron chi connectivity index (χ0n) is 38.6. The Morgan fingerprint density at radius 3 is 1.87 bits per heavy atom.